The summed E-state index contributed by atoms with van der Waals surface area (Å²) in [5.74, 6) is -0.0224. The van der Waals surface area contributed by atoms with Gasteiger partial charge in [-0.05, 0) is 62.4 Å². The van der Waals surface area contributed by atoms with Crippen LogP contribution < -0.4 is 5.32 Å². The Kier molecular flexibility index (Phi) is 4.53. The number of carbonyl (C=O) groups is 1. The number of benzene rings is 1. The highest BCUT2D eigenvalue weighted by molar-refractivity contribution is 5.78. The lowest BCUT2D eigenvalue weighted by Gasteiger charge is -2.19. The highest BCUT2D eigenvalue weighted by Crippen LogP contribution is 2.29. The molecule has 0 saturated heterocycles. The van der Waals surface area contributed by atoms with Crippen molar-refractivity contribution in [3.63, 3.8) is 0 Å². The Hall–Kier alpha value is -1.42. The van der Waals surface area contributed by atoms with Crippen molar-refractivity contribution in [3.8, 4) is 0 Å². The molecule has 0 aromatic heterocycles. The molecular weight excluding hydrogens is 245 g/mol. The average molecular weight is 265 g/mol. The molecule has 0 bridgehead atoms. The molecule has 2 rings (SSSR count). The van der Waals surface area contributed by atoms with Crippen LogP contribution in [-0.2, 0) is 9.53 Å². The second kappa shape index (κ2) is 6.15. The van der Waals surface area contributed by atoms with E-state index in [1.165, 1.54) is 25.0 Å². The van der Waals surface area contributed by atoms with Crippen LogP contribution in [0.25, 0.3) is 0 Å². The summed E-state index contributed by atoms with van der Waals surface area (Å²) in [5.41, 5.74) is 1.56. The smallest absolute Gasteiger partial charge is 0.327 e. The van der Waals surface area contributed by atoms with E-state index in [2.05, 4.69) is 5.32 Å². The maximum Gasteiger partial charge on any atom is 0.327 e. The van der Waals surface area contributed by atoms with E-state index >= 15 is 0 Å². The van der Waals surface area contributed by atoms with Gasteiger partial charge in [0.2, 0.25) is 0 Å². The van der Waals surface area contributed by atoms with Gasteiger partial charge in [0.05, 0.1) is 6.61 Å². The molecule has 1 atom stereocenters. The molecule has 0 aliphatic heterocycles. The number of hydrogen-bond donors (Lipinski definition) is 1. The lowest BCUT2D eigenvalue weighted by atomic mass is 10.0. The zero-order valence-electron chi connectivity index (χ0n) is 11.4. The van der Waals surface area contributed by atoms with Crippen molar-refractivity contribution in [2.24, 2.45) is 5.92 Å². The number of carbonyl (C=O) groups excluding carboxylic acids is 1. The molecule has 1 saturated carbocycles. The van der Waals surface area contributed by atoms with Gasteiger partial charge in [-0.3, -0.25) is 0 Å². The van der Waals surface area contributed by atoms with Crippen molar-refractivity contribution < 1.29 is 13.9 Å². The zero-order chi connectivity index (χ0) is 13.8. The summed E-state index contributed by atoms with van der Waals surface area (Å²) in [6, 6.07) is 3.94. The quantitative estimate of drug-likeness (QED) is 0.804. The van der Waals surface area contributed by atoms with E-state index in [9.17, 15) is 9.18 Å². The lowest BCUT2D eigenvalue weighted by molar-refractivity contribution is -0.145. The van der Waals surface area contributed by atoms with Gasteiger partial charge in [0.25, 0.3) is 0 Å². The third-order valence-electron chi connectivity index (χ3n) is 3.38. The Morgan fingerprint density at radius 2 is 2.26 bits per heavy atom. The average Bonchev–Trinajstić information content (AvgIpc) is 3.18. The standard InChI is InChI=1S/C15H20FNO2/c1-3-19-15(18)14(17-9-11-5-6-11)13-8-12(16)7-4-10(13)2/h4,7-8,11,14,17H,3,5-6,9H2,1-2H3. The van der Waals surface area contributed by atoms with Crippen LogP contribution in [0, 0.1) is 18.7 Å². The third-order valence-corrected chi connectivity index (χ3v) is 3.38. The van der Waals surface area contributed by atoms with Crippen LogP contribution in [0.2, 0.25) is 0 Å². The van der Waals surface area contributed by atoms with Crippen LogP contribution in [0.4, 0.5) is 4.39 Å². The van der Waals surface area contributed by atoms with E-state index < -0.39 is 6.04 Å². The molecule has 1 unspecified atom stereocenters. The fourth-order valence-corrected chi connectivity index (χ4v) is 2.07. The van der Waals surface area contributed by atoms with Crippen molar-refractivity contribution in [1.29, 1.82) is 0 Å². The second-order valence-corrected chi connectivity index (χ2v) is 5.04. The molecule has 0 spiro atoms. The topological polar surface area (TPSA) is 38.3 Å². The molecule has 0 radical (unpaired) electrons. The van der Waals surface area contributed by atoms with Gasteiger partial charge in [-0.2, -0.15) is 0 Å². The molecule has 0 amide bonds. The monoisotopic (exact) mass is 265 g/mol. The second-order valence-electron chi connectivity index (χ2n) is 5.04. The normalized spacial score (nSPS) is 16.2. The fourth-order valence-electron chi connectivity index (χ4n) is 2.07. The van der Waals surface area contributed by atoms with Gasteiger partial charge >= 0.3 is 5.97 Å². The van der Waals surface area contributed by atoms with Crippen LogP contribution >= 0.6 is 0 Å². The van der Waals surface area contributed by atoms with E-state index in [1.54, 1.807) is 13.0 Å². The van der Waals surface area contributed by atoms with Gasteiger partial charge in [-0.25, -0.2) is 9.18 Å². The molecule has 4 heteroatoms. The number of rotatable bonds is 6. The van der Waals surface area contributed by atoms with Gasteiger partial charge < -0.3 is 10.1 Å². The number of aryl methyl sites for hydroxylation is 1. The minimum atomic E-state index is -0.573. The third kappa shape index (κ3) is 3.77. The van der Waals surface area contributed by atoms with E-state index in [-0.39, 0.29) is 11.8 Å². The van der Waals surface area contributed by atoms with Crippen LogP contribution in [0.1, 0.15) is 36.9 Å². The van der Waals surface area contributed by atoms with Crippen LogP contribution in [-0.4, -0.2) is 19.1 Å². The first-order chi connectivity index (χ1) is 9.11. The zero-order valence-corrected chi connectivity index (χ0v) is 11.4. The van der Waals surface area contributed by atoms with Gasteiger partial charge in [0.15, 0.2) is 0 Å². The summed E-state index contributed by atoms with van der Waals surface area (Å²) in [4.78, 5) is 12.0. The number of hydrogen-bond acceptors (Lipinski definition) is 3. The Morgan fingerprint density at radius 3 is 2.89 bits per heavy atom. The molecule has 19 heavy (non-hydrogen) atoms. The number of nitrogens with one attached hydrogen (secondary N) is 1. The summed E-state index contributed by atoms with van der Waals surface area (Å²) < 4.78 is 18.5. The van der Waals surface area contributed by atoms with Crippen molar-refractivity contribution in [2.45, 2.75) is 32.7 Å². The van der Waals surface area contributed by atoms with E-state index in [4.69, 9.17) is 4.74 Å². The predicted molar refractivity (Wildman–Crippen MR) is 71.2 cm³/mol. The van der Waals surface area contributed by atoms with Crippen molar-refractivity contribution in [3.05, 3.63) is 35.1 Å². The summed E-state index contributed by atoms with van der Waals surface area (Å²) in [5, 5.41) is 3.21. The van der Waals surface area contributed by atoms with E-state index in [0.29, 0.717) is 18.1 Å². The number of esters is 1. The Labute approximate surface area is 113 Å². The molecule has 3 nitrogen and oxygen atoms in total. The highest BCUT2D eigenvalue weighted by Gasteiger charge is 2.27. The highest BCUT2D eigenvalue weighted by atomic mass is 19.1. The first-order valence-electron chi connectivity index (χ1n) is 6.78. The first kappa shape index (κ1) is 14.0. The predicted octanol–water partition coefficient (Wildman–Crippen LogP) is 2.74. The number of halogens is 1. The Balaban J connectivity index is 2.18. The van der Waals surface area contributed by atoms with Gasteiger partial charge in [-0.15, -0.1) is 0 Å². The SMILES string of the molecule is CCOC(=O)C(NCC1CC1)c1cc(F)ccc1C. The molecule has 1 N–H and O–H groups in total. The fraction of sp³-hybridized carbons (Fsp3) is 0.533. The number of ether oxygens (including phenoxy) is 1. The largest absolute Gasteiger partial charge is 0.465 e. The maximum atomic E-state index is 13.4. The van der Waals surface area contributed by atoms with Gasteiger partial charge in [0, 0.05) is 0 Å². The maximum absolute atomic E-state index is 13.4. The Bertz CT molecular complexity index is 457. The summed E-state index contributed by atoms with van der Waals surface area (Å²) in [6.45, 7) is 4.75. The first-order valence-corrected chi connectivity index (χ1v) is 6.78. The molecule has 1 aromatic carbocycles. The van der Waals surface area contributed by atoms with Gasteiger partial charge in [0.1, 0.15) is 11.9 Å². The molecule has 1 aliphatic carbocycles. The Morgan fingerprint density at radius 1 is 1.53 bits per heavy atom. The molecule has 1 aliphatic rings. The van der Waals surface area contributed by atoms with Crippen molar-refractivity contribution in [2.75, 3.05) is 13.2 Å². The molecule has 0 heterocycles. The molecule has 104 valence electrons. The van der Waals surface area contributed by atoms with E-state index in [1.807, 2.05) is 6.92 Å². The molecule has 1 aromatic rings. The van der Waals surface area contributed by atoms with E-state index in [0.717, 1.165) is 12.1 Å². The minimum Gasteiger partial charge on any atom is -0.465 e. The summed E-state index contributed by atoms with van der Waals surface area (Å²) >= 11 is 0. The molecule has 1 fully saturated rings. The van der Waals surface area contributed by atoms with Crippen molar-refractivity contribution >= 4 is 5.97 Å². The van der Waals surface area contributed by atoms with Crippen LogP contribution in [0.3, 0.4) is 0 Å². The summed E-state index contributed by atoms with van der Waals surface area (Å²) in [6.07, 6.45) is 2.40. The molecular formula is C15H20FNO2. The lowest BCUT2D eigenvalue weighted by Crippen LogP contribution is -2.32. The minimum absolute atomic E-state index is 0.328. The van der Waals surface area contributed by atoms with Crippen LogP contribution in [0.15, 0.2) is 18.2 Å². The van der Waals surface area contributed by atoms with Crippen molar-refractivity contribution in [1.82, 2.24) is 5.32 Å². The van der Waals surface area contributed by atoms with Gasteiger partial charge in [-0.1, -0.05) is 6.07 Å². The summed E-state index contributed by atoms with van der Waals surface area (Å²) in [7, 11) is 0. The van der Waals surface area contributed by atoms with Crippen LogP contribution in [0.5, 0.6) is 0 Å².